The number of aliphatic hydroxyl groups excluding tert-OH is 1. The van der Waals surface area contributed by atoms with Gasteiger partial charge < -0.3 is 20.3 Å². The van der Waals surface area contributed by atoms with Crippen molar-refractivity contribution < 1.29 is 29.3 Å². The van der Waals surface area contributed by atoms with Crippen molar-refractivity contribution in [3.8, 4) is 0 Å². The predicted octanol–water partition coefficient (Wildman–Crippen LogP) is 1.21. The molecule has 0 saturated heterocycles. The Hall–Kier alpha value is -2.41. The monoisotopic (exact) mass is 309 g/mol. The number of amides is 1. The fourth-order valence-electron chi connectivity index (χ4n) is 1.65. The van der Waals surface area contributed by atoms with Gasteiger partial charge in [-0.1, -0.05) is 30.3 Å². The minimum atomic E-state index is -2.08. The van der Waals surface area contributed by atoms with Gasteiger partial charge in [0.2, 0.25) is 0 Å². The lowest BCUT2D eigenvalue weighted by Gasteiger charge is -2.24. The summed E-state index contributed by atoms with van der Waals surface area (Å²) >= 11 is 0. The molecule has 0 heterocycles. The molecule has 0 aliphatic rings. The lowest BCUT2D eigenvalue weighted by atomic mass is 10.00. The Morgan fingerprint density at radius 1 is 1.14 bits per heavy atom. The summed E-state index contributed by atoms with van der Waals surface area (Å²) in [4.78, 5) is 35.0. The summed E-state index contributed by atoms with van der Waals surface area (Å²) in [6, 6.07) is 6.13. The quantitative estimate of drug-likeness (QED) is 0.705. The van der Waals surface area contributed by atoms with Crippen LogP contribution in [0.15, 0.2) is 30.3 Å². The minimum Gasteiger partial charge on any atom is -0.479 e. The Morgan fingerprint density at radius 2 is 1.68 bits per heavy atom. The van der Waals surface area contributed by atoms with Gasteiger partial charge in [0.25, 0.3) is 0 Å². The molecule has 0 radical (unpaired) electrons. The molecule has 22 heavy (non-hydrogen) atoms. The summed E-state index contributed by atoms with van der Waals surface area (Å²) in [5, 5.41) is 20.7. The molecule has 0 aliphatic heterocycles. The fraction of sp³-hybridized carbons (Fsp3) is 0.400. The van der Waals surface area contributed by atoms with Gasteiger partial charge in [-0.2, -0.15) is 0 Å². The predicted molar refractivity (Wildman–Crippen MR) is 77.6 cm³/mol. The minimum absolute atomic E-state index is 0.170. The molecule has 0 bridgehead atoms. The molecule has 0 saturated carbocycles. The Labute approximate surface area is 127 Å². The SMILES string of the molecule is CC(C)(C)OC(=O)NC(C(=O)c1ccccc1)C(O)C(=O)O. The van der Waals surface area contributed by atoms with Crippen molar-refractivity contribution in [1.29, 1.82) is 0 Å². The number of rotatable bonds is 5. The second-order valence-corrected chi connectivity index (χ2v) is 5.64. The second kappa shape index (κ2) is 7.04. The molecule has 3 N–H and O–H groups in total. The lowest BCUT2D eigenvalue weighted by Crippen LogP contribution is -2.52. The van der Waals surface area contributed by atoms with Crippen molar-refractivity contribution in [2.24, 2.45) is 0 Å². The zero-order valence-electron chi connectivity index (χ0n) is 12.6. The third kappa shape index (κ3) is 5.17. The van der Waals surface area contributed by atoms with E-state index in [4.69, 9.17) is 9.84 Å². The largest absolute Gasteiger partial charge is 0.479 e. The average Bonchev–Trinajstić information content (AvgIpc) is 2.42. The van der Waals surface area contributed by atoms with E-state index in [1.165, 1.54) is 12.1 Å². The summed E-state index contributed by atoms with van der Waals surface area (Å²) in [5.41, 5.74) is -0.651. The van der Waals surface area contributed by atoms with Crippen LogP contribution in [0.25, 0.3) is 0 Å². The maximum Gasteiger partial charge on any atom is 0.408 e. The van der Waals surface area contributed by atoms with Crippen LogP contribution in [0.5, 0.6) is 0 Å². The van der Waals surface area contributed by atoms with E-state index >= 15 is 0 Å². The zero-order chi connectivity index (χ0) is 16.9. The number of hydrogen-bond acceptors (Lipinski definition) is 5. The summed E-state index contributed by atoms with van der Waals surface area (Å²) in [7, 11) is 0. The third-order valence-electron chi connectivity index (χ3n) is 2.58. The number of benzene rings is 1. The number of ketones is 1. The number of carboxylic acid groups (broad SMARTS) is 1. The van der Waals surface area contributed by atoms with Gasteiger partial charge in [0.15, 0.2) is 11.9 Å². The first-order chi connectivity index (χ1) is 10.1. The molecule has 0 spiro atoms. The number of aliphatic hydroxyl groups is 1. The number of nitrogens with one attached hydrogen (secondary N) is 1. The third-order valence-corrected chi connectivity index (χ3v) is 2.58. The molecule has 1 aromatic carbocycles. The smallest absolute Gasteiger partial charge is 0.408 e. The first kappa shape index (κ1) is 17.6. The maximum atomic E-state index is 12.3. The summed E-state index contributed by atoms with van der Waals surface area (Å²) in [5.74, 6) is -2.34. The molecule has 7 nitrogen and oxygen atoms in total. The molecule has 0 aliphatic carbocycles. The summed E-state index contributed by atoms with van der Waals surface area (Å²) < 4.78 is 4.98. The Morgan fingerprint density at radius 3 is 2.14 bits per heavy atom. The van der Waals surface area contributed by atoms with Crippen LogP contribution in [-0.2, 0) is 9.53 Å². The highest BCUT2D eigenvalue weighted by Crippen LogP contribution is 2.10. The molecule has 2 atom stereocenters. The first-order valence-corrected chi connectivity index (χ1v) is 6.61. The number of carbonyl (C=O) groups is 3. The molecule has 1 rings (SSSR count). The van der Waals surface area contributed by atoms with Crippen LogP contribution in [0.4, 0.5) is 4.79 Å². The van der Waals surface area contributed by atoms with E-state index in [-0.39, 0.29) is 5.56 Å². The number of alkyl carbamates (subject to hydrolysis) is 1. The zero-order valence-corrected chi connectivity index (χ0v) is 12.6. The van der Waals surface area contributed by atoms with Crippen molar-refractivity contribution in [2.75, 3.05) is 0 Å². The van der Waals surface area contributed by atoms with Crippen LogP contribution in [0.2, 0.25) is 0 Å². The second-order valence-electron chi connectivity index (χ2n) is 5.64. The van der Waals surface area contributed by atoms with Crippen LogP contribution < -0.4 is 5.32 Å². The Bertz CT molecular complexity index is 549. The number of aliphatic carboxylic acids is 1. The molecule has 7 heteroatoms. The molecule has 120 valence electrons. The number of ether oxygens (including phenoxy) is 1. The number of Topliss-reactive ketones (excluding diaryl/α,β-unsaturated/α-hetero) is 1. The topological polar surface area (TPSA) is 113 Å². The van der Waals surface area contributed by atoms with Crippen molar-refractivity contribution in [1.82, 2.24) is 5.32 Å². The lowest BCUT2D eigenvalue weighted by molar-refractivity contribution is -0.147. The highest BCUT2D eigenvalue weighted by molar-refractivity contribution is 6.04. The molecule has 2 unspecified atom stereocenters. The number of carbonyl (C=O) groups excluding carboxylic acids is 2. The normalized spacial score (nSPS) is 13.8. The number of hydrogen-bond donors (Lipinski definition) is 3. The fourth-order valence-corrected chi connectivity index (χ4v) is 1.65. The van der Waals surface area contributed by atoms with Crippen molar-refractivity contribution in [3.63, 3.8) is 0 Å². The Balaban J connectivity index is 2.97. The van der Waals surface area contributed by atoms with E-state index in [1.54, 1.807) is 39.0 Å². The van der Waals surface area contributed by atoms with Crippen molar-refractivity contribution >= 4 is 17.8 Å². The van der Waals surface area contributed by atoms with E-state index in [0.29, 0.717) is 0 Å². The maximum absolute atomic E-state index is 12.3. The van der Waals surface area contributed by atoms with Gasteiger partial charge in [-0.05, 0) is 20.8 Å². The van der Waals surface area contributed by atoms with Crippen LogP contribution >= 0.6 is 0 Å². The van der Waals surface area contributed by atoms with E-state index in [9.17, 15) is 19.5 Å². The number of carboxylic acids is 1. The average molecular weight is 309 g/mol. The van der Waals surface area contributed by atoms with Gasteiger partial charge in [0.1, 0.15) is 11.6 Å². The van der Waals surface area contributed by atoms with Gasteiger partial charge in [-0.3, -0.25) is 4.79 Å². The molecule has 0 aromatic heterocycles. The van der Waals surface area contributed by atoms with Gasteiger partial charge in [-0.25, -0.2) is 9.59 Å². The van der Waals surface area contributed by atoms with E-state index in [2.05, 4.69) is 5.32 Å². The summed E-state index contributed by atoms with van der Waals surface area (Å²) in [6.07, 6.45) is -3.07. The highest BCUT2D eigenvalue weighted by atomic mass is 16.6. The molecular weight excluding hydrogens is 290 g/mol. The van der Waals surface area contributed by atoms with E-state index in [1.807, 2.05) is 0 Å². The van der Waals surface area contributed by atoms with E-state index in [0.717, 1.165) is 0 Å². The van der Waals surface area contributed by atoms with Gasteiger partial charge in [-0.15, -0.1) is 0 Å². The van der Waals surface area contributed by atoms with Gasteiger partial charge in [0.05, 0.1) is 0 Å². The summed E-state index contributed by atoms with van der Waals surface area (Å²) in [6.45, 7) is 4.86. The molecule has 0 fully saturated rings. The van der Waals surface area contributed by atoms with Crippen LogP contribution in [0, 0.1) is 0 Å². The van der Waals surface area contributed by atoms with Crippen LogP contribution in [-0.4, -0.2) is 45.8 Å². The van der Waals surface area contributed by atoms with E-state index < -0.39 is 35.6 Å². The molecular formula is C15H19NO6. The van der Waals surface area contributed by atoms with Crippen molar-refractivity contribution in [3.05, 3.63) is 35.9 Å². The standard InChI is InChI=1S/C15H19NO6/c1-15(2,3)22-14(21)16-10(12(18)13(19)20)11(17)9-7-5-4-6-8-9/h4-8,10,12,18H,1-3H3,(H,16,21)(H,19,20). The van der Waals surface area contributed by atoms with Crippen LogP contribution in [0.1, 0.15) is 31.1 Å². The highest BCUT2D eigenvalue weighted by Gasteiger charge is 2.35. The van der Waals surface area contributed by atoms with Gasteiger partial charge in [0, 0.05) is 5.56 Å². The first-order valence-electron chi connectivity index (χ1n) is 6.61. The van der Waals surface area contributed by atoms with Crippen LogP contribution in [0.3, 0.4) is 0 Å². The Kier molecular flexibility index (Phi) is 5.64. The molecule has 1 amide bonds. The molecule has 1 aromatic rings. The van der Waals surface area contributed by atoms with Gasteiger partial charge >= 0.3 is 12.1 Å². The van der Waals surface area contributed by atoms with Crippen molar-refractivity contribution in [2.45, 2.75) is 38.5 Å².